The molecule has 6 aliphatic rings. The molecule has 3 amide bonds. The summed E-state index contributed by atoms with van der Waals surface area (Å²) in [6.45, 7) is 1.65. The highest BCUT2D eigenvalue weighted by atomic mass is 16.5. The molecule has 4 bridgehead atoms. The lowest BCUT2D eigenvalue weighted by molar-refractivity contribution is -0.157. The van der Waals surface area contributed by atoms with Gasteiger partial charge in [-0.15, -0.1) is 0 Å². The van der Waals surface area contributed by atoms with E-state index in [-0.39, 0.29) is 48.1 Å². The van der Waals surface area contributed by atoms with Crippen molar-refractivity contribution < 1.29 is 23.9 Å². The molecule has 0 radical (unpaired) electrons. The number of hydrogen-bond acceptors (Lipinski definition) is 5. The van der Waals surface area contributed by atoms with Gasteiger partial charge in [0.2, 0.25) is 11.8 Å². The van der Waals surface area contributed by atoms with Gasteiger partial charge in [0.05, 0.1) is 18.3 Å². The Hall–Kier alpha value is -1.92. The van der Waals surface area contributed by atoms with E-state index in [9.17, 15) is 19.2 Å². The summed E-state index contributed by atoms with van der Waals surface area (Å²) in [4.78, 5) is 51.5. The fourth-order valence-corrected chi connectivity index (χ4v) is 7.59. The van der Waals surface area contributed by atoms with Crippen LogP contribution in [-0.4, -0.2) is 46.8 Å². The highest BCUT2D eigenvalue weighted by Crippen LogP contribution is 2.55. The van der Waals surface area contributed by atoms with Crippen LogP contribution in [0.1, 0.15) is 77.6 Å². The van der Waals surface area contributed by atoms with Gasteiger partial charge in [-0.2, -0.15) is 0 Å². The third-order valence-corrected chi connectivity index (χ3v) is 8.58. The van der Waals surface area contributed by atoms with Crippen molar-refractivity contribution >= 4 is 23.7 Å². The van der Waals surface area contributed by atoms with Crippen molar-refractivity contribution in [3.8, 4) is 0 Å². The van der Waals surface area contributed by atoms with Gasteiger partial charge in [-0.1, -0.05) is 12.8 Å². The minimum absolute atomic E-state index is 0.0484. The van der Waals surface area contributed by atoms with Gasteiger partial charge >= 0.3 is 5.97 Å². The molecule has 7 heteroatoms. The smallest absolute Gasteiger partial charge is 0.308 e. The van der Waals surface area contributed by atoms with Crippen LogP contribution in [0.15, 0.2) is 0 Å². The molecular weight excluding hydrogens is 396 g/mol. The summed E-state index contributed by atoms with van der Waals surface area (Å²) < 4.78 is 5.37. The number of hydrogen-bond donors (Lipinski definition) is 1. The molecular formula is C24H34N2O5. The number of carbonyl (C=O) groups is 4. The molecule has 1 heterocycles. The minimum atomic E-state index is -0.868. The van der Waals surface area contributed by atoms with E-state index in [0.717, 1.165) is 62.7 Å². The molecule has 0 spiro atoms. The summed E-state index contributed by atoms with van der Waals surface area (Å²) >= 11 is 0. The number of esters is 1. The molecule has 0 aromatic rings. The van der Waals surface area contributed by atoms with Crippen molar-refractivity contribution in [3.63, 3.8) is 0 Å². The highest BCUT2D eigenvalue weighted by molar-refractivity contribution is 6.05. The minimum Gasteiger partial charge on any atom is -0.452 e. The van der Waals surface area contributed by atoms with Crippen molar-refractivity contribution in [1.29, 1.82) is 0 Å². The van der Waals surface area contributed by atoms with Crippen LogP contribution in [-0.2, 0) is 23.9 Å². The van der Waals surface area contributed by atoms with E-state index in [4.69, 9.17) is 4.74 Å². The van der Waals surface area contributed by atoms with Crippen LogP contribution < -0.4 is 5.32 Å². The van der Waals surface area contributed by atoms with E-state index >= 15 is 0 Å². The average molecular weight is 431 g/mol. The van der Waals surface area contributed by atoms with Crippen molar-refractivity contribution in [1.82, 2.24) is 10.2 Å². The molecule has 31 heavy (non-hydrogen) atoms. The van der Waals surface area contributed by atoms with Crippen molar-refractivity contribution in [2.24, 2.45) is 29.6 Å². The zero-order valence-corrected chi connectivity index (χ0v) is 18.4. The first kappa shape index (κ1) is 21.0. The predicted molar refractivity (Wildman–Crippen MR) is 111 cm³/mol. The van der Waals surface area contributed by atoms with E-state index in [1.807, 2.05) is 0 Å². The maximum Gasteiger partial charge on any atom is 0.308 e. The topological polar surface area (TPSA) is 92.8 Å². The quantitative estimate of drug-likeness (QED) is 0.516. The second kappa shape index (κ2) is 7.89. The Labute approximate surface area is 183 Å². The van der Waals surface area contributed by atoms with Gasteiger partial charge in [0.15, 0.2) is 6.10 Å². The second-order valence-electron chi connectivity index (χ2n) is 10.9. The van der Waals surface area contributed by atoms with Crippen LogP contribution in [0.3, 0.4) is 0 Å². The van der Waals surface area contributed by atoms with Crippen LogP contribution in [0.5, 0.6) is 0 Å². The average Bonchev–Trinajstić information content (AvgIpc) is 2.95. The first-order chi connectivity index (χ1) is 14.8. The number of carbonyl (C=O) groups excluding carboxylic acids is 4. The number of likely N-dealkylation sites (tertiary alicyclic amines) is 1. The SMILES string of the molecule is C[C@H](OC(=O)CCN1C(=O)[C@H]2CCCC[C@@H]2C1=O)C(=O)NC12CC3CC(CC(C3)C1)C2. The van der Waals surface area contributed by atoms with Gasteiger partial charge in [-0.05, 0) is 76.0 Å². The predicted octanol–water partition coefficient (Wildman–Crippen LogP) is 2.57. The number of rotatable bonds is 6. The number of fused-ring (bicyclic) bond motifs is 1. The largest absolute Gasteiger partial charge is 0.452 e. The van der Waals surface area contributed by atoms with E-state index < -0.39 is 12.1 Å². The summed E-state index contributed by atoms with van der Waals surface area (Å²) in [7, 11) is 0. The number of ether oxygens (including phenoxy) is 1. The van der Waals surface area contributed by atoms with Gasteiger partial charge in [0.1, 0.15) is 0 Å². The van der Waals surface area contributed by atoms with Gasteiger partial charge in [0.25, 0.3) is 5.91 Å². The summed E-state index contributed by atoms with van der Waals surface area (Å²) in [6, 6.07) is 0. The Morgan fingerprint density at radius 3 is 2.03 bits per heavy atom. The van der Waals surface area contributed by atoms with Crippen LogP contribution >= 0.6 is 0 Å². The molecule has 0 aromatic carbocycles. The van der Waals surface area contributed by atoms with Gasteiger partial charge in [0, 0.05) is 12.1 Å². The summed E-state index contributed by atoms with van der Waals surface area (Å²) in [5.41, 5.74) is -0.114. The molecule has 1 aliphatic heterocycles. The highest BCUT2D eigenvalue weighted by Gasteiger charge is 2.52. The maximum atomic E-state index is 12.8. The lowest BCUT2D eigenvalue weighted by Crippen LogP contribution is -2.61. The number of nitrogens with zero attached hydrogens (tertiary/aromatic N) is 1. The Morgan fingerprint density at radius 1 is 1.00 bits per heavy atom. The second-order valence-corrected chi connectivity index (χ2v) is 10.9. The van der Waals surface area contributed by atoms with Crippen LogP contribution in [0.2, 0.25) is 0 Å². The molecule has 1 saturated heterocycles. The van der Waals surface area contributed by atoms with Crippen molar-refractivity contribution in [3.05, 3.63) is 0 Å². The molecule has 3 atom stereocenters. The normalized spacial score (nSPS) is 39.4. The molecule has 1 N–H and O–H groups in total. The lowest BCUT2D eigenvalue weighted by atomic mass is 9.53. The molecule has 6 rings (SSSR count). The maximum absolute atomic E-state index is 12.8. The van der Waals surface area contributed by atoms with Crippen LogP contribution in [0.25, 0.3) is 0 Å². The fraction of sp³-hybridized carbons (Fsp3) is 0.833. The summed E-state index contributed by atoms with van der Waals surface area (Å²) in [6.07, 6.45) is 9.60. The standard InChI is InChI=1S/C24H34N2O5/c1-14(21(28)25-24-11-15-8-16(12-24)10-17(9-15)13-24)31-20(27)6-7-26-22(29)18-4-2-3-5-19(18)23(26)30/h14-19H,2-13H2,1H3,(H,25,28)/t14-,15?,16?,17?,18-,19-,24?/m0/s1. The van der Waals surface area contributed by atoms with E-state index in [0.29, 0.717) is 0 Å². The third kappa shape index (κ3) is 3.89. The van der Waals surface area contributed by atoms with Crippen LogP contribution in [0, 0.1) is 29.6 Å². The molecule has 5 saturated carbocycles. The van der Waals surface area contributed by atoms with Gasteiger partial charge in [-0.3, -0.25) is 24.1 Å². The van der Waals surface area contributed by atoms with Gasteiger partial charge in [-0.25, -0.2) is 0 Å². The number of nitrogens with one attached hydrogen (secondary N) is 1. The monoisotopic (exact) mass is 430 g/mol. The Balaban J connectivity index is 1.11. The lowest BCUT2D eigenvalue weighted by Gasteiger charge is -2.57. The van der Waals surface area contributed by atoms with Crippen molar-refractivity contribution in [2.45, 2.75) is 89.2 Å². The zero-order chi connectivity index (χ0) is 21.8. The van der Waals surface area contributed by atoms with E-state index in [2.05, 4.69) is 5.32 Å². The third-order valence-electron chi connectivity index (χ3n) is 8.58. The van der Waals surface area contributed by atoms with E-state index in [1.165, 1.54) is 24.2 Å². The molecule has 5 aliphatic carbocycles. The molecule has 7 nitrogen and oxygen atoms in total. The molecule has 170 valence electrons. The Kier molecular flexibility index (Phi) is 5.33. The summed E-state index contributed by atoms with van der Waals surface area (Å²) in [5, 5.41) is 3.24. The molecule has 0 unspecified atom stereocenters. The van der Waals surface area contributed by atoms with E-state index in [1.54, 1.807) is 6.92 Å². The number of imide groups is 1. The first-order valence-corrected chi connectivity index (χ1v) is 12.2. The van der Waals surface area contributed by atoms with Crippen molar-refractivity contribution in [2.75, 3.05) is 6.54 Å². The first-order valence-electron chi connectivity index (χ1n) is 12.2. The summed E-state index contributed by atoms with van der Waals surface area (Å²) in [5.74, 6) is 0.712. The van der Waals surface area contributed by atoms with Gasteiger partial charge < -0.3 is 10.1 Å². The number of amides is 3. The Morgan fingerprint density at radius 2 is 1.52 bits per heavy atom. The molecule has 0 aromatic heterocycles. The zero-order valence-electron chi connectivity index (χ0n) is 18.4. The Bertz CT molecular complexity index is 734. The fourth-order valence-electron chi connectivity index (χ4n) is 7.59. The molecule has 6 fully saturated rings. The van der Waals surface area contributed by atoms with Crippen LogP contribution in [0.4, 0.5) is 0 Å².